The first-order valence-electron chi connectivity index (χ1n) is 5.15. The van der Waals surface area contributed by atoms with Gasteiger partial charge in [-0.25, -0.2) is 4.79 Å². The largest absolute Gasteiger partial charge is 0.480 e. The molecule has 1 rings (SSSR count). The molecule has 0 aromatic heterocycles. The summed E-state index contributed by atoms with van der Waals surface area (Å²) in [5, 5.41) is 11.4. The minimum Gasteiger partial charge on any atom is -0.480 e. The van der Waals surface area contributed by atoms with Crippen molar-refractivity contribution in [3.05, 3.63) is 0 Å². The van der Waals surface area contributed by atoms with Gasteiger partial charge >= 0.3 is 5.97 Å². The standard InChI is InChI=1S/C10H18N2O3/c1-10(2,9(14)15)12-8(13)6-4-3-5-7(6)11/h6-7H,3-5,11H2,1-2H3,(H,12,13)(H,14,15). The van der Waals surface area contributed by atoms with Gasteiger partial charge in [-0.05, 0) is 26.7 Å². The van der Waals surface area contributed by atoms with Crippen molar-refractivity contribution < 1.29 is 14.7 Å². The molecular weight excluding hydrogens is 196 g/mol. The van der Waals surface area contributed by atoms with E-state index in [1.165, 1.54) is 13.8 Å². The smallest absolute Gasteiger partial charge is 0.328 e. The van der Waals surface area contributed by atoms with Gasteiger partial charge in [0.25, 0.3) is 0 Å². The molecule has 0 heterocycles. The summed E-state index contributed by atoms with van der Waals surface area (Å²) in [6, 6.07) is -0.130. The van der Waals surface area contributed by atoms with Crippen LogP contribution < -0.4 is 11.1 Å². The molecule has 1 amide bonds. The quantitative estimate of drug-likeness (QED) is 0.621. The monoisotopic (exact) mass is 214 g/mol. The van der Waals surface area contributed by atoms with Crippen LogP contribution in [-0.2, 0) is 9.59 Å². The van der Waals surface area contributed by atoms with E-state index < -0.39 is 11.5 Å². The number of nitrogens with one attached hydrogen (secondary N) is 1. The fraction of sp³-hybridized carbons (Fsp3) is 0.800. The highest BCUT2D eigenvalue weighted by atomic mass is 16.4. The highest BCUT2D eigenvalue weighted by Gasteiger charge is 2.35. The molecule has 5 heteroatoms. The fourth-order valence-electron chi connectivity index (χ4n) is 1.77. The van der Waals surface area contributed by atoms with Gasteiger partial charge in [0.05, 0.1) is 5.92 Å². The van der Waals surface area contributed by atoms with Crippen LogP contribution in [0.15, 0.2) is 0 Å². The molecule has 86 valence electrons. The molecule has 1 fully saturated rings. The Bertz CT molecular complexity index is 276. The first kappa shape index (κ1) is 12.0. The summed E-state index contributed by atoms with van der Waals surface area (Å²) in [5.41, 5.74) is 4.54. The van der Waals surface area contributed by atoms with E-state index in [2.05, 4.69) is 5.32 Å². The maximum atomic E-state index is 11.7. The molecule has 1 saturated carbocycles. The van der Waals surface area contributed by atoms with Crippen LogP contribution in [0.3, 0.4) is 0 Å². The van der Waals surface area contributed by atoms with E-state index in [9.17, 15) is 9.59 Å². The summed E-state index contributed by atoms with van der Waals surface area (Å²) in [7, 11) is 0. The fourth-order valence-corrected chi connectivity index (χ4v) is 1.77. The minimum atomic E-state index is -1.22. The third kappa shape index (κ3) is 2.68. The van der Waals surface area contributed by atoms with E-state index in [0.29, 0.717) is 0 Å². The molecule has 1 aliphatic carbocycles. The van der Waals surface area contributed by atoms with Crippen molar-refractivity contribution in [3.63, 3.8) is 0 Å². The maximum Gasteiger partial charge on any atom is 0.328 e. The Balaban J connectivity index is 2.59. The summed E-state index contributed by atoms with van der Waals surface area (Å²) in [6.07, 6.45) is 2.53. The van der Waals surface area contributed by atoms with Gasteiger partial charge in [0.1, 0.15) is 5.54 Å². The lowest BCUT2D eigenvalue weighted by atomic mass is 10.00. The van der Waals surface area contributed by atoms with Gasteiger partial charge in [-0.3, -0.25) is 4.79 Å². The molecule has 0 radical (unpaired) electrons. The third-order valence-electron chi connectivity index (χ3n) is 2.88. The van der Waals surface area contributed by atoms with Crippen LogP contribution in [0.5, 0.6) is 0 Å². The number of carboxylic acids is 1. The van der Waals surface area contributed by atoms with Crippen molar-refractivity contribution >= 4 is 11.9 Å². The molecule has 5 nitrogen and oxygen atoms in total. The number of nitrogens with two attached hydrogens (primary N) is 1. The Kier molecular flexibility index (Phi) is 3.34. The van der Waals surface area contributed by atoms with Crippen molar-refractivity contribution in [3.8, 4) is 0 Å². The number of aliphatic carboxylic acids is 1. The normalized spacial score (nSPS) is 26.3. The number of amides is 1. The molecule has 1 aliphatic rings. The number of hydrogen-bond donors (Lipinski definition) is 3. The average Bonchev–Trinajstić information content (AvgIpc) is 2.50. The molecule has 15 heavy (non-hydrogen) atoms. The Morgan fingerprint density at radius 2 is 2.00 bits per heavy atom. The summed E-state index contributed by atoms with van der Waals surface area (Å²) in [5.74, 6) is -1.52. The predicted octanol–water partition coefficient (Wildman–Crippen LogP) is 0.0932. The molecular formula is C10H18N2O3. The molecule has 0 spiro atoms. The average molecular weight is 214 g/mol. The van der Waals surface area contributed by atoms with Crippen LogP contribution in [0.4, 0.5) is 0 Å². The molecule has 0 aromatic carbocycles. The van der Waals surface area contributed by atoms with Crippen LogP contribution in [0.1, 0.15) is 33.1 Å². The first-order valence-corrected chi connectivity index (χ1v) is 5.15. The third-order valence-corrected chi connectivity index (χ3v) is 2.88. The van der Waals surface area contributed by atoms with Crippen molar-refractivity contribution in [1.82, 2.24) is 5.32 Å². The highest BCUT2D eigenvalue weighted by Crippen LogP contribution is 2.24. The van der Waals surface area contributed by atoms with Crippen LogP contribution >= 0.6 is 0 Å². The number of rotatable bonds is 3. The topological polar surface area (TPSA) is 92.4 Å². The zero-order valence-corrected chi connectivity index (χ0v) is 9.12. The molecule has 0 aromatic rings. The summed E-state index contributed by atoms with van der Waals surface area (Å²) in [4.78, 5) is 22.5. The van der Waals surface area contributed by atoms with E-state index in [4.69, 9.17) is 10.8 Å². The van der Waals surface area contributed by atoms with E-state index in [-0.39, 0.29) is 17.9 Å². The van der Waals surface area contributed by atoms with E-state index >= 15 is 0 Å². The molecule has 2 unspecified atom stereocenters. The summed E-state index contributed by atoms with van der Waals surface area (Å²) < 4.78 is 0. The molecule has 4 N–H and O–H groups in total. The second-order valence-electron chi connectivity index (χ2n) is 4.62. The minimum absolute atomic E-state index is 0.130. The van der Waals surface area contributed by atoms with E-state index in [1.54, 1.807) is 0 Å². The molecule has 2 atom stereocenters. The van der Waals surface area contributed by atoms with Crippen LogP contribution in [0, 0.1) is 5.92 Å². The first-order chi connectivity index (χ1) is 6.84. The van der Waals surface area contributed by atoms with Gasteiger partial charge < -0.3 is 16.2 Å². The van der Waals surface area contributed by atoms with Crippen LogP contribution in [0.25, 0.3) is 0 Å². The Hall–Kier alpha value is -1.10. The second-order valence-corrected chi connectivity index (χ2v) is 4.62. The number of carboxylic acid groups (broad SMARTS) is 1. The Morgan fingerprint density at radius 1 is 1.40 bits per heavy atom. The van der Waals surface area contributed by atoms with Gasteiger partial charge in [0.2, 0.25) is 5.91 Å². The SMILES string of the molecule is CC(C)(NC(=O)C1CCCC1N)C(=O)O. The Labute approximate surface area is 89.0 Å². The maximum absolute atomic E-state index is 11.7. The van der Waals surface area contributed by atoms with Gasteiger partial charge in [-0.15, -0.1) is 0 Å². The summed E-state index contributed by atoms with van der Waals surface area (Å²) >= 11 is 0. The van der Waals surface area contributed by atoms with Crippen LogP contribution in [-0.4, -0.2) is 28.6 Å². The van der Waals surface area contributed by atoms with Gasteiger partial charge in [-0.2, -0.15) is 0 Å². The number of hydrogen-bond acceptors (Lipinski definition) is 3. The van der Waals surface area contributed by atoms with Crippen molar-refractivity contribution in [2.24, 2.45) is 11.7 Å². The predicted molar refractivity (Wildman–Crippen MR) is 55.2 cm³/mol. The number of carbonyl (C=O) groups excluding carboxylic acids is 1. The highest BCUT2D eigenvalue weighted by molar-refractivity contribution is 5.87. The van der Waals surface area contributed by atoms with E-state index in [0.717, 1.165) is 19.3 Å². The Morgan fingerprint density at radius 3 is 2.40 bits per heavy atom. The van der Waals surface area contributed by atoms with Gasteiger partial charge in [0, 0.05) is 6.04 Å². The number of carbonyl (C=O) groups is 2. The zero-order chi connectivity index (χ0) is 11.6. The lowest BCUT2D eigenvalue weighted by Gasteiger charge is -2.24. The zero-order valence-electron chi connectivity index (χ0n) is 9.12. The lowest BCUT2D eigenvalue weighted by molar-refractivity contribution is -0.146. The van der Waals surface area contributed by atoms with Crippen molar-refractivity contribution in [2.45, 2.75) is 44.7 Å². The molecule has 0 saturated heterocycles. The second kappa shape index (κ2) is 4.18. The summed E-state index contributed by atoms with van der Waals surface area (Å²) in [6.45, 7) is 2.93. The van der Waals surface area contributed by atoms with Crippen LogP contribution in [0.2, 0.25) is 0 Å². The van der Waals surface area contributed by atoms with Crippen molar-refractivity contribution in [2.75, 3.05) is 0 Å². The van der Waals surface area contributed by atoms with Gasteiger partial charge in [0.15, 0.2) is 0 Å². The van der Waals surface area contributed by atoms with Crippen molar-refractivity contribution in [1.29, 1.82) is 0 Å². The molecule has 0 aliphatic heterocycles. The molecule has 0 bridgehead atoms. The lowest BCUT2D eigenvalue weighted by Crippen LogP contribution is -2.53. The van der Waals surface area contributed by atoms with Gasteiger partial charge in [-0.1, -0.05) is 6.42 Å². The van der Waals surface area contributed by atoms with E-state index in [1.807, 2.05) is 0 Å².